The van der Waals surface area contributed by atoms with Crippen LogP contribution in [0.4, 0.5) is 4.39 Å². The van der Waals surface area contributed by atoms with Crippen molar-refractivity contribution < 1.29 is 4.39 Å². The van der Waals surface area contributed by atoms with Crippen LogP contribution in [0.5, 0.6) is 0 Å². The first-order chi connectivity index (χ1) is 10.3. The van der Waals surface area contributed by atoms with Gasteiger partial charge in [0.2, 0.25) is 0 Å². The highest BCUT2D eigenvalue weighted by atomic mass is 32.2. The molecule has 1 aliphatic rings. The Balaban J connectivity index is 1.72. The summed E-state index contributed by atoms with van der Waals surface area (Å²) in [6.07, 6.45) is 4.58. The Labute approximate surface area is 127 Å². The Kier molecular flexibility index (Phi) is 4.55. The molecule has 112 valence electrons. The summed E-state index contributed by atoms with van der Waals surface area (Å²) in [7, 11) is 0. The quantitative estimate of drug-likeness (QED) is 0.883. The first-order valence-corrected chi connectivity index (χ1v) is 8.28. The minimum Gasteiger partial charge on any atom is -0.326 e. The van der Waals surface area contributed by atoms with Crippen molar-refractivity contribution in [3.05, 3.63) is 41.0 Å². The molecule has 0 bridgehead atoms. The molecule has 1 aliphatic heterocycles. The third kappa shape index (κ3) is 3.27. The van der Waals surface area contributed by atoms with Gasteiger partial charge >= 0.3 is 0 Å². The number of halogens is 1. The van der Waals surface area contributed by atoms with E-state index in [9.17, 15) is 4.39 Å². The number of hydrogen-bond donors (Lipinski definition) is 1. The Morgan fingerprint density at radius 3 is 2.95 bits per heavy atom. The molecule has 3 rings (SSSR count). The van der Waals surface area contributed by atoms with Gasteiger partial charge in [0.25, 0.3) is 0 Å². The smallest absolute Gasteiger partial charge is 0.191 e. The molecule has 2 N–H and O–H groups in total. The van der Waals surface area contributed by atoms with Crippen molar-refractivity contribution in [1.82, 2.24) is 14.8 Å². The van der Waals surface area contributed by atoms with Crippen molar-refractivity contribution in [1.29, 1.82) is 0 Å². The lowest BCUT2D eigenvalue weighted by molar-refractivity contribution is 0.590. The standard InChI is InChI=1S/C15H19FN4S/c16-13-8-11(9-17)5-6-12(13)10-21-15-19-18-14-4-2-1-3-7-20(14)15/h5-6,8H,1-4,7,9-10,17H2. The number of thioether (sulfide) groups is 1. The highest BCUT2D eigenvalue weighted by molar-refractivity contribution is 7.98. The maximum Gasteiger partial charge on any atom is 0.191 e. The van der Waals surface area contributed by atoms with Crippen molar-refractivity contribution in [2.24, 2.45) is 5.73 Å². The van der Waals surface area contributed by atoms with E-state index in [-0.39, 0.29) is 5.82 Å². The SMILES string of the molecule is NCc1ccc(CSc2nnc3n2CCCCC3)c(F)c1. The molecule has 0 spiro atoms. The van der Waals surface area contributed by atoms with Gasteiger partial charge in [0.1, 0.15) is 11.6 Å². The van der Waals surface area contributed by atoms with Gasteiger partial charge < -0.3 is 10.3 Å². The summed E-state index contributed by atoms with van der Waals surface area (Å²) in [5, 5.41) is 9.41. The zero-order chi connectivity index (χ0) is 14.7. The van der Waals surface area contributed by atoms with E-state index in [0.717, 1.165) is 35.9 Å². The molecule has 0 saturated carbocycles. The van der Waals surface area contributed by atoms with E-state index in [1.54, 1.807) is 11.8 Å². The van der Waals surface area contributed by atoms with Crippen LogP contribution >= 0.6 is 11.8 Å². The summed E-state index contributed by atoms with van der Waals surface area (Å²) in [5.74, 6) is 1.43. The Bertz CT molecular complexity index is 626. The Hall–Kier alpha value is -1.40. The molecule has 2 aromatic rings. The zero-order valence-corrected chi connectivity index (χ0v) is 12.7. The number of aromatic nitrogens is 3. The highest BCUT2D eigenvalue weighted by Gasteiger charge is 2.15. The lowest BCUT2D eigenvalue weighted by atomic mass is 10.1. The number of aryl methyl sites for hydroxylation is 1. The van der Waals surface area contributed by atoms with Crippen molar-refractivity contribution >= 4 is 11.8 Å². The van der Waals surface area contributed by atoms with Crippen molar-refractivity contribution in [2.75, 3.05) is 0 Å². The molecule has 0 aliphatic carbocycles. The van der Waals surface area contributed by atoms with E-state index in [4.69, 9.17) is 5.73 Å². The highest BCUT2D eigenvalue weighted by Crippen LogP contribution is 2.26. The van der Waals surface area contributed by atoms with Gasteiger partial charge in [-0.1, -0.05) is 30.3 Å². The van der Waals surface area contributed by atoms with Gasteiger partial charge in [0.05, 0.1) is 0 Å². The van der Waals surface area contributed by atoms with Crippen LogP contribution in [0.2, 0.25) is 0 Å². The first-order valence-electron chi connectivity index (χ1n) is 7.30. The molecule has 0 atom stereocenters. The Morgan fingerprint density at radius 2 is 2.14 bits per heavy atom. The number of nitrogens with zero attached hydrogens (tertiary/aromatic N) is 3. The number of hydrogen-bond acceptors (Lipinski definition) is 4. The molecule has 0 radical (unpaired) electrons. The van der Waals surface area contributed by atoms with Gasteiger partial charge in [-0.3, -0.25) is 0 Å². The summed E-state index contributed by atoms with van der Waals surface area (Å²) >= 11 is 1.55. The van der Waals surface area contributed by atoms with E-state index >= 15 is 0 Å². The average molecular weight is 306 g/mol. The second-order valence-electron chi connectivity index (χ2n) is 5.28. The van der Waals surface area contributed by atoms with E-state index in [0.29, 0.717) is 17.9 Å². The molecule has 2 heterocycles. The largest absolute Gasteiger partial charge is 0.326 e. The lowest BCUT2D eigenvalue weighted by Gasteiger charge is -2.07. The van der Waals surface area contributed by atoms with Crippen LogP contribution in [0.25, 0.3) is 0 Å². The minimum atomic E-state index is -0.193. The van der Waals surface area contributed by atoms with Crippen LogP contribution in [0.15, 0.2) is 23.4 Å². The van der Waals surface area contributed by atoms with E-state index in [1.807, 2.05) is 12.1 Å². The molecular weight excluding hydrogens is 287 g/mol. The zero-order valence-electron chi connectivity index (χ0n) is 11.9. The molecule has 1 aromatic carbocycles. The van der Waals surface area contributed by atoms with Crippen LogP contribution in [-0.2, 0) is 25.3 Å². The summed E-state index contributed by atoms with van der Waals surface area (Å²) in [6, 6.07) is 5.20. The van der Waals surface area contributed by atoms with Crippen LogP contribution in [0.3, 0.4) is 0 Å². The van der Waals surface area contributed by atoms with Gasteiger partial charge in [-0.15, -0.1) is 10.2 Å². The third-order valence-corrected chi connectivity index (χ3v) is 4.80. The fourth-order valence-corrected chi connectivity index (χ4v) is 3.51. The van der Waals surface area contributed by atoms with Crippen LogP contribution in [-0.4, -0.2) is 14.8 Å². The van der Waals surface area contributed by atoms with E-state index in [1.165, 1.54) is 18.9 Å². The van der Waals surface area contributed by atoms with Gasteiger partial charge in [-0.25, -0.2) is 4.39 Å². The van der Waals surface area contributed by atoms with Crippen molar-refractivity contribution in [2.45, 2.75) is 49.7 Å². The number of fused-ring (bicyclic) bond motifs is 1. The summed E-state index contributed by atoms with van der Waals surface area (Å²) < 4.78 is 16.1. The minimum absolute atomic E-state index is 0.193. The molecule has 21 heavy (non-hydrogen) atoms. The topological polar surface area (TPSA) is 56.7 Å². The predicted molar refractivity (Wildman–Crippen MR) is 81.4 cm³/mol. The fraction of sp³-hybridized carbons (Fsp3) is 0.467. The van der Waals surface area contributed by atoms with Gasteiger partial charge in [-0.2, -0.15) is 0 Å². The first kappa shape index (κ1) is 14.5. The van der Waals surface area contributed by atoms with Gasteiger partial charge in [0, 0.05) is 25.3 Å². The monoisotopic (exact) mass is 306 g/mol. The maximum absolute atomic E-state index is 14.0. The van der Waals surface area contributed by atoms with Gasteiger partial charge in [-0.05, 0) is 30.0 Å². The maximum atomic E-state index is 14.0. The molecule has 0 saturated heterocycles. The number of rotatable bonds is 4. The molecule has 4 nitrogen and oxygen atoms in total. The molecule has 6 heteroatoms. The molecule has 1 aromatic heterocycles. The summed E-state index contributed by atoms with van der Waals surface area (Å²) in [6.45, 7) is 1.33. The molecular formula is C15H19FN4S. The number of benzene rings is 1. The molecule has 0 amide bonds. The van der Waals surface area contributed by atoms with Crippen molar-refractivity contribution in [3.8, 4) is 0 Å². The summed E-state index contributed by atoms with van der Waals surface area (Å²) in [4.78, 5) is 0. The number of nitrogens with two attached hydrogens (primary N) is 1. The normalized spacial score (nSPS) is 14.8. The average Bonchev–Trinajstić information content (AvgIpc) is 2.73. The van der Waals surface area contributed by atoms with E-state index < -0.39 is 0 Å². The van der Waals surface area contributed by atoms with Gasteiger partial charge in [0.15, 0.2) is 5.16 Å². The third-order valence-electron chi connectivity index (χ3n) is 3.79. The Morgan fingerprint density at radius 1 is 1.24 bits per heavy atom. The second kappa shape index (κ2) is 6.58. The second-order valence-corrected chi connectivity index (χ2v) is 6.22. The predicted octanol–water partition coefficient (Wildman–Crippen LogP) is 2.89. The van der Waals surface area contributed by atoms with Crippen LogP contribution in [0.1, 0.15) is 36.2 Å². The lowest BCUT2D eigenvalue weighted by Crippen LogP contribution is -2.02. The molecule has 0 fully saturated rings. The van der Waals surface area contributed by atoms with Crippen molar-refractivity contribution in [3.63, 3.8) is 0 Å². The molecule has 0 unspecified atom stereocenters. The van der Waals surface area contributed by atoms with E-state index in [2.05, 4.69) is 14.8 Å². The summed E-state index contributed by atoms with van der Waals surface area (Å²) in [5.41, 5.74) is 7.02. The fourth-order valence-electron chi connectivity index (χ4n) is 2.54. The van der Waals surface area contributed by atoms with Crippen LogP contribution in [0, 0.1) is 5.82 Å². The van der Waals surface area contributed by atoms with Crippen LogP contribution < -0.4 is 5.73 Å².